The minimum atomic E-state index is -0.511. The first-order chi connectivity index (χ1) is 6.20. The smallest absolute Gasteiger partial charge is 0.360 e. The first-order valence-corrected chi connectivity index (χ1v) is 4.39. The van der Waals surface area contributed by atoms with Gasteiger partial charge >= 0.3 is 5.97 Å². The second-order valence-corrected chi connectivity index (χ2v) is 2.98. The number of nitrogens with zero attached hydrogens (tertiary/aromatic N) is 1. The van der Waals surface area contributed by atoms with Crippen LogP contribution in [0.1, 0.15) is 29.5 Å². The fraction of sp³-hybridized carbons (Fsp3) is 0.500. The van der Waals surface area contributed by atoms with Gasteiger partial charge in [-0.3, -0.25) is 5.10 Å². The van der Waals surface area contributed by atoms with E-state index in [0.29, 0.717) is 5.02 Å². The molecule has 0 aliphatic heterocycles. The Morgan fingerprint density at radius 2 is 2.38 bits per heavy atom. The Bertz CT molecular complexity index is 309. The molecule has 0 amide bonds. The number of ether oxygens (including phenoxy) is 1. The second-order valence-electron chi connectivity index (χ2n) is 2.61. The minimum Gasteiger partial charge on any atom is -0.464 e. The Hall–Kier alpha value is -1.03. The highest BCUT2D eigenvalue weighted by atomic mass is 35.5. The van der Waals surface area contributed by atoms with E-state index in [9.17, 15) is 4.79 Å². The summed E-state index contributed by atoms with van der Waals surface area (Å²) in [5.41, 5.74) is 0.942. The lowest BCUT2D eigenvalue weighted by atomic mass is 10.2. The van der Waals surface area contributed by atoms with Crippen LogP contribution in [0.15, 0.2) is 0 Å². The number of rotatable bonds is 3. The lowest BCUT2D eigenvalue weighted by molar-refractivity contribution is 0.0594. The van der Waals surface area contributed by atoms with Crippen LogP contribution in [0.4, 0.5) is 0 Å². The maximum absolute atomic E-state index is 11.1. The van der Waals surface area contributed by atoms with Crippen LogP contribution in [-0.2, 0) is 11.2 Å². The number of methoxy groups -OCH3 is 1. The molecule has 0 saturated heterocycles. The normalized spacial score (nSPS) is 10.1. The van der Waals surface area contributed by atoms with Gasteiger partial charge in [0.2, 0.25) is 0 Å². The molecule has 0 bridgehead atoms. The topological polar surface area (TPSA) is 55.0 Å². The van der Waals surface area contributed by atoms with E-state index in [2.05, 4.69) is 14.9 Å². The highest BCUT2D eigenvalue weighted by Gasteiger charge is 2.17. The number of aryl methyl sites for hydroxylation is 1. The summed E-state index contributed by atoms with van der Waals surface area (Å²) in [5, 5.41) is 6.85. The molecule has 1 heterocycles. The Labute approximate surface area is 81.2 Å². The average molecular weight is 203 g/mol. The number of carbonyl (C=O) groups excluding carboxylic acids is 1. The molecule has 0 radical (unpaired) electrons. The van der Waals surface area contributed by atoms with E-state index in [-0.39, 0.29) is 5.69 Å². The first kappa shape index (κ1) is 10.1. The van der Waals surface area contributed by atoms with Gasteiger partial charge in [-0.15, -0.1) is 0 Å². The van der Waals surface area contributed by atoms with Crippen molar-refractivity contribution in [1.82, 2.24) is 10.2 Å². The molecule has 1 aromatic rings. The standard InChI is InChI=1S/C8H11ClN2O2/c1-3-4-5-6(9)7(11-10-5)8(12)13-2/h3-4H2,1-2H3,(H,10,11). The van der Waals surface area contributed by atoms with Crippen molar-refractivity contribution in [2.75, 3.05) is 7.11 Å². The Kier molecular flexibility index (Phi) is 3.31. The molecule has 0 aliphatic carbocycles. The summed E-state index contributed by atoms with van der Waals surface area (Å²) in [5.74, 6) is -0.511. The van der Waals surface area contributed by atoms with Crippen molar-refractivity contribution in [3.63, 3.8) is 0 Å². The average Bonchev–Trinajstić information content (AvgIpc) is 2.48. The number of hydrogen-bond acceptors (Lipinski definition) is 3. The van der Waals surface area contributed by atoms with Crippen molar-refractivity contribution in [1.29, 1.82) is 0 Å². The molecule has 0 saturated carbocycles. The Morgan fingerprint density at radius 3 is 2.92 bits per heavy atom. The third-order valence-electron chi connectivity index (χ3n) is 1.65. The maximum Gasteiger partial charge on any atom is 0.360 e. The fourth-order valence-corrected chi connectivity index (χ4v) is 1.27. The van der Waals surface area contributed by atoms with Gasteiger partial charge in [0, 0.05) is 0 Å². The number of hydrogen-bond donors (Lipinski definition) is 1. The van der Waals surface area contributed by atoms with Crippen molar-refractivity contribution in [3.8, 4) is 0 Å². The van der Waals surface area contributed by atoms with Gasteiger partial charge in [0.15, 0.2) is 5.69 Å². The van der Waals surface area contributed by atoms with Crippen LogP contribution < -0.4 is 0 Å². The van der Waals surface area contributed by atoms with Crippen molar-refractivity contribution >= 4 is 17.6 Å². The molecule has 5 heteroatoms. The van der Waals surface area contributed by atoms with Gasteiger partial charge in [-0.1, -0.05) is 24.9 Å². The lowest BCUT2D eigenvalue weighted by Gasteiger charge is -1.94. The van der Waals surface area contributed by atoms with Crippen LogP contribution in [0.25, 0.3) is 0 Å². The van der Waals surface area contributed by atoms with E-state index in [1.54, 1.807) is 0 Å². The van der Waals surface area contributed by atoms with Gasteiger partial charge in [0.05, 0.1) is 17.8 Å². The van der Waals surface area contributed by atoms with Crippen LogP contribution in [0.2, 0.25) is 5.02 Å². The molecule has 13 heavy (non-hydrogen) atoms. The minimum absolute atomic E-state index is 0.160. The zero-order valence-electron chi connectivity index (χ0n) is 7.56. The molecule has 0 spiro atoms. The molecule has 4 nitrogen and oxygen atoms in total. The summed E-state index contributed by atoms with van der Waals surface area (Å²) >= 11 is 5.88. The lowest BCUT2D eigenvalue weighted by Crippen LogP contribution is -2.02. The van der Waals surface area contributed by atoms with Gasteiger partial charge in [0.1, 0.15) is 0 Å². The van der Waals surface area contributed by atoms with Crippen LogP contribution >= 0.6 is 11.6 Å². The Morgan fingerprint density at radius 1 is 1.69 bits per heavy atom. The summed E-state index contributed by atoms with van der Waals surface area (Å²) in [6, 6.07) is 0. The number of halogens is 1. The monoisotopic (exact) mass is 202 g/mol. The summed E-state index contributed by atoms with van der Waals surface area (Å²) in [6.45, 7) is 2.02. The van der Waals surface area contributed by atoms with Crippen LogP contribution in [0, 0.1) is 0 Å². The van der Waals surface area contributed by atoms with Gasteiger partial charge in [-0.25, -0.2) is 4.79 Å². The maximum atomic E-state index is 11.1. The molecular formula is C8H11ClN2O2. The Balaban J connectivity index is 2.92. The summed E-state index contributed by atoms with van der Waals surface area (Å²) in [7, 11) is 1.30. The molecule has 72 valence electrons. The van der Waals surface area contributed by atoms with Crippen molar-refractivity contribution in [3.05, 3.63) is 16.4 Å². The number of aromatic amines is 1. The van der Waals surface area contributed by atoms with E-state index in [1.165, 1.54) is 7.11 Å². The molecule has 0 aliphatic rings. The fourth-order valence-electron chi connectivity index (χ4n) is 1.01. The SMILES string of the molecule is CCCc1[nH]nc(C(=O)OC)c1Cl. The van der Waals surface area contributed by atoms with Gasteiger partial charge in [-0.2, -0.15) is 5.10 Å². The van der Waals surface area contributed by atoms with E-state index in [0.717, 1.165) is 18.5 Å². The van der Waals surface area contributed by atoms with E-state index >= 15 is 0 Å². The predicted molar refractivity (Wildman–Crippen MR) is 48.9 cm³/mol. The van der Waals surface area contributed by atoms with Crippen molar-refractivity contribution in [2.45, 2.75) is 19.8 Å². The molecule has 1 N–H and O–H groups in total. The number of nitrogens with one attached hydrogen (secondary N) is 1. The largest absolute Gasteiger partial charge is 0.464 e. The third kappa shape index (κ3) is 2.01. The van der Waals surface area contributed by atoms with Crippen LogP contribution in [0.5, 0.6) is 0 Å². The molecule has 0 aromatic carbocycles. The molecular weight excluding hydrogens is 192 g/mol. The van der Waals surface area contributed by atoms with E-state index < -0.39 is 5.97 Å². The summed E-state index contributed by atoms with van der Waals surface area (Å²) < 4.78 is 4.50. The highest BCUT2D eigenvalue weighted by molar-refractivity contribution is 6.33. The van der Waals surface area contributed by atoms with Crippen LogP contribution in [0.3, 0.4) is 0 Å². The molecule has 0 atom stereocenters. The van der Waals surface area contributed by atoms with Crippen molar-refractivity contribution in [2.24, 2.45) is 0 Å². The molecule has 0 unspecified atom stereocenters. The van der Waals surface area contributed by atoms with Gasteiger partial charge in [-0.05, 0) is 6.42 Å². The number of aromatic nitrogens is 2. The summed E-state index contributed by atoms with van der Waals surface area (Å²) in [6.07, 6.45) is 1.73. The van der Waals surface area contributed by atoms with Crippen LogP contribution in [-0.4, -0.2) is 23.3 Å². The molecule has 1 rings (SSSR count). The number of carbonyl (C=O) groups is 1. The first-order valence-electron chi connectivity index (χ1n) is 4.01. The zero-order chi connectivity index (χ0) is 9.84. The van der Waals surface area contributed by atoms with E-state index in [4.69, 9.17) is 11.6 Å². The highest BCUT2D eigenvalue weighted by Crippen LogP contribution is 2.19. The van der Waals surface area contributed by atoms with Crippen molar-refractivity contribution < 1.29 is 9.53 Å². The van der Waals surface area contributed by atoms with Gasteiger partial charge in [0.25, 0.3) is 0 Å². The quantitative estimate of drug-likeness (QED) is 0.761. The van der Waals surface area contributed by atoms with Gasteiger partial charge < -0.3 is 4.74 Å². The van der Waals surface area contributed by atoms with E-state index in [1.807, 2.05) is 6.92 Å². The summed E-state index contributed by atoms with van der Waals surface area (Å²) in [4.78, 5) is 11.1. The number of esters is 1. The molecule has 1 aromatic heterocycles. The molecule has 0 fully saturated rings. The number of H-pyrrole nitrogens is 1. The third-order valence-corrected chi connectivity index (χ3v) is 2.06. The second kappa shape index (κ2) is 4.28. The predicted octanol–water partition coefficient (Wildman–Crippen LogP) is 1.80. The zero-order valence-corrected chi connectivity index (χ0v) is 8.31.